The van der Waals surface area contributed by atoms with Gasteiger partial charge in [-0.05, 0) is 118 Å². The van der Waals surface area contributed by atoms with E-state index in [-0.39, 0.29) is 44.5 Å². The molecule has 0 bridgehead atoms. The van der Waals surface area contributed by atoms with Crippen LogP contribution in [-0.2, 0) is 0 Å². The second-order valence-electron chi connectivity index (χ2n) is 13.9. The molecule has 4 amide bonds. The molecular formula is C46H25F5N4O4. The molecule has 4 N–H and O–H groups in total. The molecule has 8 nitrogen and oxygen atoms in total. The SMILES string of the molecule is Nc1ccc(-c2ccc3c(c2)C(=O)N(c2c(F)cc(-c4ccc(-c5cc(F)c(N6C(=O)c7ccc(-c8ccc(N)cc8)cc7C6=O)c(F)c5)c(F)c4)cc2F)C3=O)cc1. The lowest BCUT2D eigenvalue weighted by molar-refractivity contribution is 0.0908. The Labute approximate surface area is 331 Å². The molecule has 13 heteroatoms. The molecule has 2 aliphatic heterocycles. The van der Waals surface area contributed by atoms with Gasteiger partial charge in [0.2, 0.25) is 0 Å². The van der Waals surface area contributed by atoms with Gasteiger partial charge in [0.05, 0.1) is 22.3 Å². The van der Waals surface area contributed by atoms with E-state index in [1.54, 1.807) is 60.7 Å². The van der Waals surface area contributed by atoms with Gasteiger partial charge in [0.1, 0.15) is 17.2 Å². The van der Waals surface area contributed by atoms with E-state index in [1.807, 2.05) is 0 Å². The van der Waals surface area contributed by atoms with Crippen molar-refractivity contribution in [1.82, 2.24) is 0 Å². The summed E-state index contributed by atoms with van der Waals surface area (Å²) in [6.07, 6.45) is 0. The monoisotopic (exact) mass is 792 g/mol. The zero-order valence-corrected chi connectivity index (χ0v) is 30.2. The van der Waals surface area contributed by atoms with E-state index in [1.165, 1.54) is 30.3 Å². The summed E-state index contributed by atoms with van der Waals surface area (Å²) in [5, 5.41) is 0. The number of imide groups is 2. The minimum absolute atomic E-state index is 0.0481. The van der Waals surface area contributed by atoms with Gasteiger partial charge in [-0.15, -0.1) is 0 Å². The third-order valence-electron chi connectivity index (χ3n) is 10.4. The van der Waals surface area contributed by atoms with E-state index >= 15 is 22.0 Å². The van der Waals surface area contributed by atoms with Crippen molar-refractivity contribution in [3.8, 4) is 44.5 Å². The molecule has 59 heavy (non-hydrogen) atoms. The fraction of sp³-hybridized carbons (Fsp3) is 0. The molecule has 7 aromatic carbocycles. The molecule has 9 rings (SSSR count). The maximum atomic E-state index is 15.7. The molecule has 0 radical (unpaired) electrons. The number of fused-ring (bicyclic) bond motifs is 2. The van der Waals surface area contributed by atoms with Gasteiger partial charge >= 0.3 is 0 Å². The minimum atomic E-state index is -1.33. The number of nitrogens with zero attached hydrogens (tertiary/aromatic N) is 2. The van der Waals surface area contributed by atoms with E-state index in [9.17, 15) is 19.2 Å². The number of rotatable bonds is 6. The van der Waals surface area contributed by atoms with Crippen LogP contribution < -0.4 is 21.3 Å². The van der Waals surface area contributed by atoms with Crippen molar-refractivity contribution < 1.29 is 41.1 Å². The van der Waals surface area contributed by atoms with Gasteiger partial charge in [-0.25, -0.2) is 31.8 Å². The first-order chi connectivity index (χ1) is 28.3. The van der Waals surface area contributed by atoms with E-state index in [0.717, 1.165) is 36.4 Å². The molecular weight excluding hydrogens is 768 g/mol. The molecule has 7 aromatic rings. The van der Waals surface area contributed by atoms with Gasteiger partial charge < -0.3 is 11.5 Å². The number of nitrogen functional groups attached to an aromatic ring is 2. The highest BCUT2D eigenvalue weighted by Crippen LogP contribution is 2.40. The lowest BCUT2D eigenvalue weighted by Crippen LogP contribution is -2.31. The Morgan fingerprint density at radius 3 is 1.00 bits per heavy atom. The molecule has 0 fully saturated rings. The number of hydrogen-bond acceptors (Lipinski definition) is 6. The number of carbonyl (C=O) groups excluding carboxylic acids is 4. The number of anilines is 4. The minimum Gasteiger partial charge on any atom is -0.399 e. The smallest absolute Gasteiger partial charge is 0.266 e. The van der Waals surface area contributed by atoms with Crippen LogP contribution in [0.1, 0.15) is 41.4 Å². The highest BCUT2D eigenvalue weighted by Gasteiger charge is 2.41. The molecule has 0 saturated heterocycles. The van der Waals surface area contributed by atoms with E-state index in [0.29, 0.717) is 43.4 Å². The van der Waals surface area contributed by atoms with Crippen molar-refractivity contribution in [2.45, 2.75) is 0 Å². The second kappa shape index (κ2) is 13.6. The molecule has 2 aliphatic rings. The third kappa shape index (κ3) is 5.98. The summed E-state index contributed by atoms with van der Waals surface area (Å²) >= 11 is 0. The van der Waals surface area contributed by atoms with E-state index in [2.05, 4.69) is 0 Å². The average molecular weight is 793 g/mol. The van der Waals surface area contributed by atoms with Gasteiger partial charge in [-0.3, -0.25) is 19.2 Å². The standard InChI is InChI=1S/C46H25F5N4O4/c47-36-17-26(27-18-37(48)41(38(49)19-27)54-43(56)32-13-6-24(15-34(32)45(54)58)22-1-8-29(52)9-2-22)5-12-31(36)28-20-39(50)42(40(51)21-28)55-44(57)33-14-7-25(16-35(33)46(55)59)23-3-10-30(53)11-4-23/h1-21H,52-53H2. The maximum absolute atomic E-state index is 15.7. The van der Waals surface area contributed by atoms with Crippen molar-refractivity contribution in [2.75, 3.05) is 21.3 Å². The fourth-order valence-electron chi connectivity index (χ4n) is 7.41. The summed E-state index contributed by atoms with van der Waals surface area (Å²) in [6.45, 7) is 0. The molecule has 0 unspecified atom stereocenters. The average Bonchev–Trinajstić information content (AvgIpc) is 3.60. The first-order valence-corrected chi connectivity index (χ1v) is 17.8. The first kappa shape index (κ1) is 36.7. The summed E-state index contributed by atoms with van der Waals surface area (Å²) < 4.78 is 78.6. The zero-order chi connectivity index (χ0) is 41.4. The van der Waals surface area contributed by atoms with Gasteiger partial charge in [0, 0.05) is 16.9 Å². The number of halogens is 5. The maximum Gasteiger partial charge on any atom is 0.266 e. The largest absolute Gasteiger partial charge is 0.399 e. The molecule has 0 spiro atoms. The Balaban J connectivity index is 0.977. The van der Waals surface area contributed by atoms with Crippen LogP contribution in [0.4, 0.5) is 44.7 Å². The summed E-state index contributed by atoms with van der Waals surface area (Å²) in [5.74, 6) is -10.1. The Kier molecular flexibility index (Phi) is 8.47. The third-order valence-corrected chi connectivity index (χ3v) is 10.4. The Bertz CT molecular complexity index is 2960. The number of amides is 4. The zero-order valence-electron chi connectivity index (χ0n) is 30.2. The van der Waals surface area contributed by atoms with Gasteiger partial charge in [-0.1, -0.05) is 48.5 Å². The predicted molar refractivity (Wildman–Crippen MR) is 212 cm³/mol. The lowest BCUT2D eigenvalue weighted by atomic mass is 9.98. The molecule has 2 heterocycles. The van der Waals surface area contributed by atoms with Crippen LogP contribution in [0.15, 0.2) is 127 Å². The Morgan fingerprint density at radius 2 is 0.610 bits per heavy atom. The number of benzene rings is 7. The number of hydrogen-bond donors (Lipinski definition) is 2. The first-order valence-electron chi connectivity index (χ1n) is 17.8. The molecule has 288 valence electrons. The van der Waals surface area contributed by atoms with Crippen LogP contribution in [-0.4, -0.2) is 23.6 Å². The Hall–Kier alpha value is -7.93. The molecule has 0 saturated carbocycles. The van der Waals surface area contributed by atoms with E-state index < -0.39 is 64.1 Å². The van der Waals surface area contributed by atoms with Gasteiger partial charge in [0.25, 0.3) is 23.6 Å². The van der Waals surface area contributed by atoms with Crippen molar-refractivity contribution in [2.24, 2.45) is 0 Å². The Morgan fingerprint density at radius 1 is 0.305 bits per heavy atom. The number of nitrogens with two attached hydrogens (primary N) is 2. The fourth-order valence-corrected chi connectivity index (χ4v) is 7.41. The van der Waals surface area contributed by atoms with Gasteiger partial charge in [0.15, 0.2) is 23.3 Å². The van der Waals surface area contributed by atoms with Crippen molar-refractivity contribution in [3.05, 3.63) is 179 Å². The van der Waals surface area contributed by atoms with Crippen LogP contribution in [0.3, 0.4) is 0 Å². The summed E-state index contributed by atoms with van der Waals surface area (Å²) in [7, 11) is 0. The summed E-state index contributed by atoms with van der Waals surface area (Å²) in [5.41, 5.74) is 12.1. The molecule has 0 atom stereocenters. The van der Waals surface area contributed by atoms with Crippen LogP contribution in [0.2, 0.25) is 0 Å². The van der Waals surface area contributed by atoms with Crippen molar-refractivity contribution in [3.63, 3.8) is 0 Å². The summed E-state index contributed by atoms with van der Waals surface area (Å²) in [6, 6.07) is 28.8. The predicted octanol–water partition coefficient (Wildman–Crippen LogP) is 9.82. The van der Waals surface area contributed by atoms with Crippen LogP contribution in [0.25, 0.3) is 44.5 Å². The quantitative estimate of drug-likeness (QED) is 0.0981. The van der Waals surface area contributed by atoms with Crippen LogP contribution in [0.5, 0.6) is 0 Å². The molecule has 0 aromatic heterocycles. The molecule has 0 aliphatic carbocycles. The van der Waals surface area contributed by atoms with E-state index in [4.69, 9.17) is 11.5 Å². The lowest BCUT2D eigenvalue weighted by Gasteiger charge is -2.18. The highest BCUT2D eigenvalue weighted by molar-refractivity contribution is 6.35. The van der Waals surface area contributed by atoms with Gasteiger partial charge in [-0.2, -0.15) is 0 Å². The number of carbonyl (C=O) groups is 4. The van der Waals surface area contributed by atoms with Crippen LogP contribution >= 0.6 is 0 Å². The highest BCUT2D eigenvalue weighted by atomic mass is 19.1. The topological polar surface area (TPSA) is 127 Å². The van der Waals surface area contributed by atoms with Crippen molar-refractivity contribution >= 4 is 46.4 Å². The summed E-state index contributed by atoms with van der Waals surface area (Å²) in [4.78, 5) is 54.2. The second-order valence-corrected chi connectivity index (χ2v) is 13.9. The van der Waals surface area contributed by atoms with Crippen molar-refractivity contribution in [1.29, 1.82) is 0 Å². The normalized spacial score (nSPS) is 13.4. The van der Waals surface area contributed by atoms with Crippen LogP contribution in [0, 0.1) is 29.1 Å².